The standard InChI is InChI=1S/C9H12BrN3O4S2/c1-19(16,17)7-4-11-8(18-7)13-6(14)5-12(3-2-10)9(13)15/h4,6,14H,2-3,5H2,1H3. The second-order valence-electron chi connectivity index (χ2n) is 4.00. The van der Waals surface area contributed by atoms with Crippen LogP contribution in [0.15, 0.2) is 10.4 Å². The molecular weight excluding hydrogens is 358 g/mol. The number of sulfone groups is 1. The number of thiazole rings is 1. The van der Waals surface area contributed by atoms with Gasteiger partial charge in [0, 0.05) is 18.1 Å². The quantitative estimate of drug-likeness (QED) is 0.780. The molecule has 1 unspecified atom stereocenters. The number of β-amino-alcohol motifs (C(OH)–C–C–N with tert-alkyl or cyclic N) is 1. The normalized spacial score (nSPS) is 20.4. The lowest BCUT2D eigenvalue weighted by Crippen LogP contribution is -2.35. The summed E-state index contributed by atoms with van der Waals surface area (Å²) in [5.41, 5.74) is 0. The van der Waals surface area contributed by atoms with E-state index in [1.807, 2.05) is 0 Å². The number of carbonyl (C=O) groups excluding carboxylic acids is 1. The van der Waals surface area contributed by atoms with Crippen molar-refractivity contribution in [3.8, 4) is 0 Å². The number of hydrogen-bond donors (Lipinski definition) is 1. The van der Waals surface area contributed by atoms with Crippen LogP contribution in [0.5, 0.6) is 0 Å². The Morgan fingerprint density at radius 3 is 2.84 bits per heavy atom. The van der Waals surface area contributed by atoms with Crippen molar-refractivity contribution in [2.75, 3.05) is 29.6 Å². The molecule has 0 aromatic carbocycles. The molecule has 0 spiro atoms. The predicted molar refractivity (Wildman–Crippen MR) is 74.5 cm³/mol. The van der Waals surface area contributed by atoms with E-state index >= 15 is 0 Å². The van der Waals surface area contributed by atoms with Crippen LogP contribution in [0.25, 0.3) is 0 Å². The maximum atomic E-state index is 12.1. The van der Waals surface area contributed by atoms with Crippen LogP contribution in [-0.4, -0.2) is 60.3 Å². The first-order valence-corrected chi connectivity index (χ1v) is 9.15. The molecule has 1 aliphatic heterocycles. The summed E-state index contributed by atoms with van der Waals surface area (Å²) >= 11 is 4.10. The highest BCUT2D eigenvalue weighted by atomic mass is 79.9. The average Bonchev–Trinajstić information content (AvgIpc) is 2.85. The minimum absolute atomic E-state index is 0.0708. The number of aliphatic hydroxyl groups excluding tert-OH is 1. The first-order chi connectivity index (χ1) is 8.84. The lowest BCUT2D eigenvalue weighted by molar-refractivity contribution is 0.179. The summed E-state index contributed by atoms with van der Waals surface area (Å²) in [6.45, 7) is 0.648. The van der Waals surface area contributed by atoms with Gasteiger partial charge >= 0.3 is 6.03 Å². The fraction of sp³-hybridized carbons (Fsp3) is 0.556. The Balaban J connectivity index is 2.27. The monoisotopic (exact) mass is 369 g/mol. The number of urea groups is 1. The van der Waals surface area contributed by atoms with Crippen molar-refractivity contribution < 1.29 is 18.3 Å². The number of halogens is 1. The van der Waals surface area contributed by atoms with Gasteiger partial charge in [0.25, 0.3) is 0 Å². The maximum absolute atomic E-state index is 12.1. The molecule has 7 nitrogen and oxygen atoms in total. The van der Waals surface area contributed by atoms with Crippen LogP contribution in [-0.2, 0) is 9.84 Å². The van der Waals surface area contributed by atoms with E-state index in [-0.39, 0.29) is 21.9 Å². The molecular formula is C9H12BrN3O4S2. The Kier molecular flexibility index (Phi) is 4.14. The minimum atomic E-state index is -3.35. The largest absolute Gasteiger partial charge is 0.371 e. The molecule has 2 amide bonds. The Morgan fingerprint density at radius 1 is 1.63 bits per heavy atom. The van der Waals surface area contributed by atoms with Crippen molar-refractivity contribution in [2.45, 2.75) is 10.4 Å². The van der Waals surface area contributed by atoms with E-state index in [1.54, 1.807) is 0 Å². The molecule has 1 saturated heterocycles. The van der Waals surface area contributed by atoms with Gasteiger partial charge in [0.05, 0.1) is 12.7 Å². The molecule has 2 heterocycles. The number of aromatic nitrogens is 1. The lowest BCUT2D eigenvalue weighted by Gasteiger charge is -2.16. The molecule has 0 saturated carbocycles. The fourth-order valence-corrected chi connectivity index (χ4v) is 3.86. The van der Waals surface area contributed by atoms with Crippen LogP contribution in [0.3, 0.4) is 0 Å². The van der Waals surface area contributed by atoms with Crippen molar-refractivity contribution in [3.05, 3.63) is 6.20 Å². The molecule has 10 heteroatoms. The van der Waals surface area contributed by atoms with Crippen molar-refractivity contribution in [2.24, 2.45) is 0 Å². The number of anilines is 1. The Morgan fingerprint density at radius 2 is 2.32 bits per heavy atom. The number of hydrogen-bond acceptors (Lipinski definition) is 6. The Hall–Kier alpha value is -0.710. The van der Waals surface area contributed by atoms with E-state index in [2.05, 4.69) is 20.9 Å². The number of rotatable bonds is 4. The molecule has 19 heavy (non-hydrogen) atoms. The van der Waals surface area contributed by atoms with E-state index in [0.29, 0.717) is 11.9 Å². The molecule has 1 atom stereocenters. The number of alkyl halides is 1. The molecule has 1 N–H and O–H groups in total. The molecule has 0 radical (unpaired) electrons. The van der Waals surface area contributed by atoms with E-state index in [1.165, 1.54) is 11.1 Å². The summed E-state index contributed by atoms with van der Waals surface area (Å²) in [6, 6.07) is -0.374. The van der Waals surface area contributed by atoms with Crippen LogP contribution in [0.2, 0.25) is 0 Å². The van der Waals surface area contributed by atoms with Gasteiger partial charge in [-0.3, -0.25) is 0 Å². The smallest absolute Gasteiger partial charge is 0.328 e. The van der Waals surface area contributed by atoms with Gasteiger partial charge in [0.1, 0.15) is 4.21 Å². The van der Waals surface area contributed by atoms with Gasteiger partial charge in [0.15, 0.2) is 21.2 Å². The van der Waals surface area contributed by atoms with Crippen molar-refractivity contribution >= 4 is 48.3 Å². The van der Waals surface area contributed by atoms with Gasteiger partial charge in [-0.25, -0.2) is 23.1 Å². The van der Waals surface area contributed by atoms with E-state index in [0.717, 1.165) is 22.5 Å². The van der Waals surface area contributed by atoms with Gasteiger partial charge in [0.2, 0.25) is 0 Å². The first kappa shape index (κ1) is 14.7. The number of amides is 2. The first-order valence-electron chi connectivity index (χ1n) is 5.32. The summed E-state index contributed by atoms with van der Waals surface area (Å²) in [7, 11) is -3.35. The van der Waals surface area contributed by atoms with Gasteiger partial charge in [-0.1, -0.05) is 27.3 Å². The third-order valence-electron chi connectivity index (χ3n) is 2.56. The average molecular weight is 370 g/mol. The zero-order chi connectivity index (χ0) is 14.2. The molecule has 2 rings (SSSR count). The summed E-state index contributed by atoms with van der Waals surface area (Å²) in [4.78, 5) is 18.5. The summed E-state index contributed by atoms with van der Waals surface area (Å²) in [5.74, 6) is 0. The van der Waals surface area contributed by atoms with Gasteiger partial charge < -0.3 is 10.0 Å². The lowest BCUT2D eigenvalue weighted by atomic mass is 10.5. The van der Waals surface area contributed by atoms with Crippen LogP contribution in [0.1, 0.15) is 0 Å². The molecule has 0 aliphatic carbocycles. The van der Waals surface area contributed by atoms with Crippen molar-refractivity contribution in [3.63, 3.8) is 0 Å². The van der Waals surface area contributed by atoms with Crippen LogP contribution in [0, 0.1) is 0 Å². The highest BCUT2D eigenvalue weighted by Crippen LogP contribution is 2.30. The van der Waals surface area contributed by atoms with E-state index in [4.69, 9.17) is 0 Å². The topological polar surface area (TPSA) is 90.8 Å². The Bertz CT molecular complexity index is 588. The molecule has 1 aromatic rings. The molecule has 0 bridgehead atoms. The second-order valence-corrected chi connectivity index (χ2v) is 8.05. The fourth-order valence-electron chi connectivity index (χ4n) is 1.67. The molecule has 106 valence electrons. The van der Waals surface area contributed by atoms with Gasteiger partial charge in [-0.15, -0.1) is 0 Å². The highest BCUT2D eigenvalue weighted by Gasteiger charge is 2.38. The SMILES string of the molecule is CS(=O)(=O)c1cnc(N2C(=O)N(CCBr)CC2O)s1. The highest BCUT2D eigenvalue weighted by molar-refractivity contribution is 9.09. The van der Waals surface area contributed by atoms with E-state index < -0.39 is 16.1 Å². The number of nitrogens with zero attached hydrogens (tertiary/aromatic N) is 3. The Labute approximate surface area is 122 Å². The van der Waals surface area contributed by atoms with Gasteiger partial charge in [-0.2, -0.15) is 0 Å². The summed E-state index contributed by atoms with van der Waals surface area (Å²) in [6.07, 6.45) is 1.26. The zero-order valence-corrected chi connectivity index (χ0v) is 13.2. The van der Waals surface area contributed by atoms with E-state index in [9.17, 15) is 18.3 Å². The van der Waals surface area contributed by atoms with Crippen LogP contribution in [0.4, 0.5) is 9.93 Å². The van der Waals surface area contributed by atoms with Crippen LogP contribution < -0.4 is 4.90 Å². The second kappa shape index (κ2) is 5.35. The van der Waals surface area contributed by atoms with Crippen LogP contribution >= 0.6 is 27.3 Å². The third kappa shape index (κ3) is 2.91. The number of carbonyl (C=O) groups is 1. The predicted octanol–water partition coefficient (Wildman–Crippen LogP) is 0.502. The van der Waals surface area contributed by atoms with Crippen molar-refractivity contribution in [1.82, 2.24) is 9.88 Å². The molecule has 1 aliphatic rings. The summed E-state index contributed by atoms with van der Waals surface area (Å²) in [5, 5.41) is 10.7. The zero-order valence-electron chi connectivity index (χ0n) is 9.98. The summed E-state index contributed by atoms with van der Waals surface area (Å²) < 4.78 is 22.8. The van der Waals surface area contributed by atoms with Crippen molar-refractivity contribution in [1.29, 1.82) is 0 Å². The molecule has 1 fully saturated rings. The maximum Gasteiger partial charge on any atom is 0.328 e. The molecule has 1 aromatic heterocycles. The third-order valence-corrected chi connectivity index (χ3v) is 5.70. The minimum Gasteiger partial charge on any atom is -0.371 e. The van der Waals surface area contributed by atoms with Gasteiger partial charge in [-0.05, 0) is 0 Å². The number of aliphatic hydroxyl groups is 1.